The summed E-state index contributed by atoms with van der Waals surface area (Å²) in [7, 11) is 2.00. The van der Waals surface area contributed by atoms with Gasteiger partial charge in [0.05, 0.1) is 6.04 Å². The van der Waals surface area contributed by atoms with E-state index in [4.69, 9.17) is 9.15 Å². The van der Waals surface area contributed by atoms with Crippen LogP contribution in [0.4, 0.5) is 0 Å². The third kappa shape index (κ3) is 2.86. The minimum atomic E-state index is 0.344. The molecule has 0 bridgehead atoms. The van der Waals surface area contributed by atoms with Crippen LogP contribution in [0.2, 0.25) is 0 Å². The van der Waals surface area contributed by atoms with Crippen molar-refractivity contribution in [3.63, 3.8) is 0 Å². The molecule has 3 heteroatoms. The van der Waals surface area contributed by atoms with Crippen LogP contribution < -0.4 is 5.32 Å². The van der Waals surface area contributed by atoms with Gasteiger partial charge >= 0.3 is 0 Å². The van der Waals surface area contributed by atoms with Gasteiger partial charge in [0.15, 0.2) is 0 Å². The second-order valence-electron chi connectivity index (χ2n) is 4.58. The smallest absolute Gasteiger partial charge is 0.121 e. The molecule has 16 heavy (non-hydrogen) atoms. The molecule has 1 unspecified atom stereocenters. The normalized spacial score (nSPS) is 19.9. The van der Waals surface area contributed by atoms with E-state index in [-0.39, 0.29) is 0 Å². The van der Waals surface area contributed by atoms with Crippen molar-refractivity contribution in [3.05, 3.63) is 23.7 Å². The van der Waals surface area contributed by atoms with Gasteiger partial charge in [-0.15, -0.1) is 0 Å². The van der Waals surface area contributed by atoms with Gasteiger partial charge in [-0.2, -0.15) is 0 Å². The second kappa shape index (κ2) is 5.51. The highest BCUT2D eigenvalue weighted by molar-refractivity contribution is 5.09. The van der Waals surface area contributed by atoms with Crippen molar-refractivity contribution >= 4 is 0 Å². The zero-order valence-corrected chi connectivity index (χ0v) is 10.2. The van der Waals surface area contributed by atoms with Gasteiger partial charge in [-0.05, 0) is 51.3 Å². The summed E-state index contributed by atoms with van der Waals surface area (Å²) in [6, 6.07) is 4.45. The number of rotatable bonds is 4. The van der Waals surface area contributed by atoms with Crippen LogP contribution in [0.3, 0.4) is 0 Å². The Kier molecular flexibility index (Phi) is 4.02. The highest BCUT2D eigenvalue weighted by Gasteiger charge is 2.21. The number of nitrogens with one attached hydrogen (secondary N) is 1. The van der Waals surface area contributed by atoms with Gasteiger partial charge in [0.2, 0.25) is 0 Å². The molecule has 1 aliphatic rings. The molecule has 1 aromatic heterocycles. The van der Waals surface area contributed by atoms with Crippen LogP contribution >= 0.6 is 0 Å². The first-order chi connectivity index (χ1) is 7.79. The molecule has 1 saturated heterocycles. The Labute approximate surface area is 97.2 Å². The minimum absolute atomic E-state index is 0.344. The first-order valence-corrected chi connectivity index (χ1v) is 6.11. The molecule has 2 rings (SSSR count). The molecule has 0 spiro atoms. The maximum absolute atomic E-state index is 5.68. The number of ether oxygens (including phenoxy) is 1. The van der Waals surface area contributed by atoms with Gasteiger partial charge < -0.3 is 14.5 Å². The maximum Gasteiger partial charge on any atom is 0.121 e. The number of aryl methyl sites for hydroxylation is 1. The highest BCUT2D eigenvalue weighted by Crippen LogP contribution is 2.28. The zero-order valence-electron chi connectivity index (χ0n) is 10.2. The molecule has 90 valence electrons. The molecule has 0 amide bonds. The lowest BCUT2D eigenvalue weighted by atomic mass is 9.92. The van der Waals surface area contributed by atoms with Crippen molar-refractivity contribution in [1.82, 2.24) is 5.32 Å². The molecule has 1 fully saturated rings. The van der Waals surface area contributed by atoms with E-state index in [1.807, 2.05) is 20.0 Å². The summed E-state index contributed by atoms with van der Waals surface area (Å²) in [6.07, 6.45) is 3.50. The van der Waals surface area contributed by atoms with Gasteiger partial charge in [0.1, 0.15) is 11.5 Å². The van der Waals surface area contributed by atoms with E-state index in [0.717, 1.165) is 37.1 Å². The standard InChI is InChI=1S/C13H21NO2/c1-10-3-4-13(16-10)12(14-2)9-11-5-7-15-8-6-11/h3-4,11-12,14H,5-9H2,1-2H3. The molecule has 1 aliphatic heterocycles. The number of furan rings is 1. The van der Waals surface area contributed by atoms with Crippen molar-refractivity contribution < 1.29 is 9.15 Å². The van der Waals surface area contributed by atoms with Crippen molar-refractivity contribution in [2.45, 2.75) is 32.2 Å². The van der Waals surface area contributed by atoms with Crippen LogP contribution in [0.15, 0.2) is 16.5 Å². The van der Waals surface area contributed by atoms with Crippen LogP contribution in [-0.2, 0) is 4.74 Å². The van der Waals surface area contributed by atoms with Gasteiger partial charge in [-0.25, -0.2) is 0 Å². The minimum Gasteiger partial charge on any atom is -0.465 e. The van der Waals surface area contributed by atoms with E-state index in [0.29, 0.717) is 6.04 Å². The summed E-state index contributed by atoms with van der Waals surface area (Å²) in [5, 5.41) is 3.34. The molecule has 0 aliphatic carbocycles. The molecular weight excluding hydrogens is 202 g/mol. The summed E-state index contributed by atoms with van der Waals surface area (Å²) in [6.45, 7) is 3.82. The van der Waals surface area contributed by atoms with Crippen molar-refractivity contribution in [1.29, 1.82) is 0 Å². The Morgan fingerprint density at radius 2 is 2.12 bits per heavy atom. The average molecular weight is 223 g/mol. The second-order valence-corrected chi connectivity index (χ2v) is 4.58. The molecule has 3 nitrogen and oxygen atoms in total. The van der Waals surface area contributed by atoms with Crippen LogP contribution in [0, 0.1) is 12.8 Å². The Balaban J connectivity index is 1.94. The predicted molar refractivity (Wildman–Crippen MR) is 63.4 cm³/mol. The van der Waals surface area contributed by atoms with E-state index in [9.17, 15) is 0 Å². The molecule has 0 saturated carbocycles. The Morgan fingerprint density at radius 3 is 2.69 bits per heavy atom. The van der Waals surface area contributed by atoms with Gasteiger partial charge in [-0.1, -0.05) is 0 Å². The van der Waals surface area contributed by atoms with Gasteiger partial charge in [-0.3, -0.25) is 0 Å². The number of hydrogen-bond acceptors (Lipinski definition) is 3. The highest BCUT2D eigenvalue weighted by atomic mass is 16.5. The largest absolute Gasteiger partial charge is 0.465 e. The molecule has 1 atom stereocenters. The summed E-state index contributed by atoms with van der Waals surface area (Å²) < 4.78 is 11.1. The third-order valence-electron chi connectivity index (χ3n) is 3.36. The predicted octanol–water partition coefficient (Wildman–Crippen LogP) is 2.67. The Hall–Kier alpha value is -0.800. The quantitative estimate of drug-likeness (QED) is 0.852. The van der Waals surface area contributed by atoms with E-state index in [1.165, 1.54) is 12.8 Å². The van der Waals surface area contributed by atoms with E-state index >= 15 is 0 Å². The third-order valence-corrected chi connectivity index (χ3v) is 3.36. The first kappa shape index (κ1) is 11.7. The molecule has 0 aromatic carbocycles. The topological polar surface area (TPSA) is 34.4 Å². The van der Waals surface area contributed by atoms with Crippen LogP contribution in [0.1, 0.15) is 36.8 Å². The molecule has 1 N–H and O–H groups in total. The molecule has 0 radical (unpaired) electrons. The van der Waals surface area contributed by atoms with Gasteiger partial charge in [0.25, 0.3) is 0 Å². The van der Waals surface area contributed by atoms with Crippen molar-refractivity contribution in [3.8, 4) is 0 Å². The fraction of sp³-hybridized carbons (Fsp3) is 0.692. The van der Waals surface area contributed by atoms with Crippen LogP contribution in [-0.4, -0.2) is 20.3 Å². The zero-order chi connectivity index (χ0) is 11.4. The summed E-state index contributed by atoms with van der Waals surface area (Å²) in [4.78, 5) is 0. The summed E-state index contributed by atoms with van der Waals surface area (Å²) in [5.74, 6) is 2.81. The summed E-state index contributed by atoms with van der Waals surface area (Å²) >= 11 is 0. The molecular formula is C13H21NO2. The number of hydrogen-bond donors (Lipinski definition) is 1. The first-order valence-electron chi connectivity index (χ1n) is 6.11. The van der Waals surface area contributed by atoms with E-state index in [2.05, 4.69) is 11.4 Å². The van der Waals surface area contributed by atoms with Gasteiger partial charge in [0, 0.05) is 13.2 Å². The van der Waals surface area contributed by atoms with E-state index in [1.54, 1.807) is 0 Å². The van der Waals surface area contributed by atoms with Crippen molar-refractivity contribution in [2.24, 2.45) is 5.92 Å². The lowest BCUT2D eigenvalue weighted by Gasteiger charge is -2.25. The Bertz CT molecular complexity index is 315. The lowest BCUT2D eigenvalue weighted by molar-refractivity contribution is 0.0599. The van der Waals surface area contributed by atoms with Crippen molar-refractivity contribution in [2.75, 3.05) is 20.3 Å². The van der Waals surface area contributed by atoms with E-state index < -0.39 is 0 Å². The maximum atomic E-state index is 5.68. The van der Waals surface area contributed by atoms with Crippen LogP contribution in [0.5, 0.6) is 0 Å². The Morgan fingerprint density at radius 1 is 1.38 bits per heavy atom. The SMILES string of the molecule is CNC(CC1CCOCC1)c1ccc(C)o1. The fourth-order valence-electron chi connectivity index (χ4n) is 2.33. The lowest BCUT2D eigenvalue weighted by Crippen LogP contribution is -2.23. The van der Waals surface area contributed by atoms with Crippen LogP contribution in [0.25, 0.3) is 0 Å². The molecule has 1 aromatic rings. The average Bonchev–Trinajstić information content (AvgIpc) is 2.74. The summed E-state index contributed by atoms with van der Waals surface area (Å²) in [5.41, 5.74) is 0. The molecule has 2 heterocycles. The fourth-order valence-corrected chi connectivity index (χ4v) is 2.33. The monoisotopic (exact) mass is 223 g/mol.